The Bertz CT molecular complexity index is 543. The summed E-state index contributed by atoms with van der Waals surface area (Å²) in [5.41, 5.74) is 1.66. The zero-order chi connectivity index (χ0) is 13.7. The van der Waals surface area contributed by atoms with E-state index in [0.29, 0.717) is 5.69 Å². The molecule has 3 nitrogen and oxygen atoms in total. The Kier molecular flexibility index (Phi) is 4.58. The average Bonchev–Trinajstić information content (AvgIpc) is 2.39. The first-order valence-corrected chi connectivity index (χ1v) is 6.34. The maximum absolute atomic E-state index is 13.5. The number of rotatable bonds is 5. The van der Waals surface area contributed by atoms with Crippen molar-refractivity contribution in [2.75, 3.05) is 11.9 Å². The van der Waals surface area contributed by atoms with E-state index in [1.807, 2.05) is 19.1 Å². The van der Waals surface area contributed by atoms with Gasteiger partial charge < -0.3 is 10.1 Å². The Morgan fingerprint density at radius 3 is 2.95 bits per heavy atom. The van der Waals surface area contributed by atoms with Crippen LogP contribution in [0, 0.1) is 5.82 Å². The van der Waals surface area contributed by atoms with E-state index in [9.17, 15) is 4.39 Å². The first kappa shape index (κ1) is 13.6. The predicted octanol–water partition coefficient (Wildman–Crippen LogP) is 3.88. The van der Waals surface area contributed by atoms with Crippen molar-refractivity contribution in [2.24, 2.45) is 0 Å². The van der Waals surface area contributed by atoms with Crippen molar-refractivity contribution in [3.05, 3.63) is 53.1 Å². The molecule has 5 heteroatoms. The zero-order valence-corrected chi connectivity index (χ0v) is 11.2. The number of para-hydroxylation sites is 1. The predicted molar refractivity (Wildman–Crippen MR) is 74.1 cm³/mol. The number of halogens is 2. The van der Waals surface area contributed by atoms with Gasteiger partial charge in [-0.3, -0.25) is 4.98 Å². The highest BCUT2D eigenvalue weighted by atomic mass is 35.5. The van der Waals surface area contributed by atoms with Crippen molar-refractivity contribution in [3.63, 3.8) is 0 Å². The number of benzene rings is 1. The lowest BCUT2D eigenvalue weighted by molar-refractivity contribution is 0.286. The second kappa shape index (κ2) is 6.38. The molecule has 2 rings (SSSR count). The Balaban J connectivity index is 2.08. The number of hydrogen-bond acceptors (Lipinski definition) is 3. The van der Waals surface area contributed by atoms with Crippen LogP contribution in [0.3, 0.4) is 0 Å². The summed E-state index contributed by atoms with van der Waals surface area (Å²) in [6.45, 7) is 3.00. The second-order valence-electron chi connectivity index (χ2n) is 3.91. The molecule has 0 fully saturated rings. The van der Waals surface area contributed by atoms with Gasteiger partial charge in [0.05, 0.1) is 10.7 Å². The van der Waals surface area contributed by atoms with Crippen LogP contribution in [0.15, 0.2) is 36.5 Å². The standard InChI is InChI=1S/C14H14ClFN2O/c1-2-17-10-6-7-18-11(8-10)9-19-14-12(15)4-3-5-13(14)16/h3-8H,2,9H2,1H3,(H,17,18). The number of aromatic nitrogens is 1. The van der Waals surface area contributed by atoms with E-state index >= 15 is 0 Å². The minimum absolute atomic E-state index is 0.0554. The Hall–Kier alpha value is -1.81. The van der Waals surface area contributed by atoms with Crippen molar-refractivity contribution >= 4 is 17.3 Å². The second-order valence-corrected chi connectivity index (χ2v) is 4.31. The highest BCUT2D eigenvalue weighted by molar-refractivity contribution is 6.32. The molecular formula is C14H14ClFN2O. The molecule has 0 bridgehead atoms. The monoisotopic (exact) mass is 280 g/mol. The van der Waals surface area contributed by atoms with Gasteiger partial charge in [-0.2, -0.15) is 0 Å². The lowest BCUT2D eigenvalue weighted by atomic mass is 10.3. The van der Waals surface area contributed by atoms with Crippen LogP contribution >= 0.6 is 11.6 Å². The number of nitrogens with zero attached hydrogens (tertiary/aromatic N) is 1. The van der Waals surface area contributed by atoms with Gasteiger partial charge in [0, 0.05) is 18.4 Å². The fourth-order valence-corrected chi connectivity index (χ4v) is 1.86. The fourth-order valence-electron chi connectivity index (χ4n) is 1.64. The molecule has 0 radical (unpaired) electrons. The molecule has 1 aromatic carbocycles. The fraction of sp³-hybridized carbons (Fsp3) is 0.214. The largest absolute Gasteiger partial charge is 0.483 e. The third-order valence-electron chi connectivity index (χ3n) is 2.48. The van der Waals surface area contributed by atoms with E-state index in [2.05, 4.69) is 10.3 Å². The highest BCUT2D eigenvalue weighted by Gasteiger charge is 2.08. The number of pyridine rings is 1. The molecule has 0 aliphatic carbocycles. The minimum Gasteiger partial charge on any atom is -0.483 e. The van der Waals surface area contributed by atoms with Crippen LogP contribution in [0.25, 0.3) is 0 Å². The third kappa shape index (κ3) is 3.58. The molecule has 100 valence electrons. The zero-order valence-electron chi connectivity index (χ0n) is 10.5. The molecule has 0 aliphatic heterocycles. The van der Waals surface area contributed by atoms with Crippen LogP contribution < -0.4 is 10.1 Å². The van der Waals surface area contributed by atoms with Gasteiger partial charge in [-0.25, -0.2) is 4.39 Å². The lowest BCUT2D eigenvalue weighted by Gasteiger charge is -2.09. The van der Waals surface area contributed by atoms with Crippen molar-refractivity contribution in [3.8, 4) is 5.75 Å². The van der Waals surface area contributed by atoms with Crippen molar-refractivity contribution in [2.45, 2.75) is 13.5 Å². The van der Waals surface area contributed by atoms with Crippen LogP contribution in [-0.4, -0.2) is 11.5 Å². The summed E-state index contributed by atoms with van der Waals surface area (Å²) in [4.78, 5) is 4.17. The Labute approximate surface area is 116 Å². The SMILES string of the molecule is CCNc1ccnc(COc2c(F)cccc2Cl)c1. The summed E-state index contributed by atoms with van der Waals surface area (Å²) < 4.78 is 18.9. The molecule has 0 amide bonds. The Morgan fingerprint density at radius 2 is 2.21 bits per heavy atom. The highest BCUT2D eigenvalue weighted by Crippen LogP contribution is 2.27. The van der Waals surface area contributed by atoms with E-state index in [1.165, 1.54) is 12.1 Å². The molecule has 1 heterocycles. The van der Waals surface area contributed by atoms with Gasteiger partial charge in [0.2, 0.25) is 0 Å². The lowest BCUT2D eigenvalue weighted by Crippen LogP contribution is -2.02. The van der Waals surface area contributed by atoms with Gasteiger partial charge in [0.25, 0.3) is 0 Å². The van der Waals surface area contributed by atoms with Gasteiger partial charge in [-0.15, -0.1) is 0 Å². The topological polar surface area (TPSA) is 34.2 Å². The summed E-state index contributed by atoms with van der Waals surface area (Å²) in [7, 11) is 0. The molecule has 0 saturated heterocycles. The van der Waals surface area contributed by atoms with Crippen LogP contribution in [0.4, 0.5) is 10.1 Å². The van der Waals surface area contributed by atoms with E-state index < -0.39 is 5.82 Å². The minimum atomic E-state index is -0.477. The van der Waals surface area contributed by atoms with E-state index in [-0.39, 0.29) is 17.4 Å². The van der Waals surface area contributed by atoms with Gasteiger partial charge in [-0.1, -0.05) is 17.7 Å². The maximum Gasteiger partial charge on any atom is 0.174 e. The van der Waals surface area contributed by atoms with Crippen molar-refractivity contribution in [1.29, 1.82) is 0 Å². The summed E-state index contributed by atoms with van der Waals surface area (Å²) >= 11 is 5.88. The molecule has 19 heavy (non-hydrogen) atoms. The number of ether oxygens (including phenoxy) is 1. The van der Waals surface area contributed by atoms with Gasteiger partial charge in [0.15, 0.2) is 11.6 Å². The van der Waals surface area contributed by atoms with Crippen molar-refractivity contribution in [1.82, 2.24) is 4.98 Å². The number of anilines is 1. The number of nitrogens with one attached hydrogen (secondary N) is 1. The summed E-state index contributed by atoms with van der Waals surface area (Å²) in [6.07, 6.45) is 1.68. The van der Waals surface area contributed by atoms with Crippen LogP contribution in [-0.2, 0) is 6.61 Å². The molecule has 1 N–H and O–H groups in total. The maximum atomic E-state index is 13.5. The number of hydrogen-bond donors (Lipinski definition) is 1. The third-order valence-corrected chi connectivity index (χ3v) is 2.78. The van der Waals surface area contributed by atoms with Gasteiger partial charge in [-0.05, 0) is 31.2 Å². The first-order chi connectivity index (χ1) is 9.20. The smallest absolute Gasteiger partial charge is 0.174 e. The molecule has 0 spiro atoms. The molecule has 0 atom stereocenters. The molecule has 0 aliphatic rings. The quantitative estimate of drug-likeness (QED) is 0.902. The van der Waals surface area contributed by atoms with Crippen molar-refractivity contribution < 1.29 is 9.13 Å². The molecule has 0 saturated carbocycles. The van der Waals surface area contributed by atoms with E-state index in [0.717, 1.165) is 12.2 Å². The van der Waals surface area contributed by atoms with Crippen LogP contribution in [0.2, 0.25) is 5.02 Å². The van der Waals surface area contributed by atoms with E-state index in [4.69, 9.17) is 16.3 Å². The summed E-state index contributed by atoms with van der Waals surface area (Å²) in [5.74, 6) is -0.421. The summed E-state index contributed by atoms with van der Waals surface area (Å²) in [5, 5.41) is 3.43. The normalized spacial score (nSPS) is 10.3. The molecule has 2 aromatic rings. The van der Waals surface area contributed by atoms with Crippen LogP contribution in [0.1, 0.15) is 12.6 Å². The molecule has 1 aromatic heterocycles. The van der Waals surface area contributed by atoms with Gasteiger partial charge in [0.1, 0.15) is 6.61 Å². The van der Waals surface area contributed by atoms with Gasteiger partial charge >= 0.3 is 0 Å². The first-order valence-electron chi connectivity index (χ1n) is 5.96. The van der Waals surface area contributed by atoms with Crippen LogP contribution in [0.5, 0.6) is 5.75 Å². The summed E-state index contributed by atoms with van der Waals surface area (Å²) in [6, 6.07) is 8.15. The average molecular weight is 281 g/mol. The van der Waals surface area contributed by atoms with E-state index in [1.54, 1.807) is 12.3 Å². The molecule has 0 unspecified atom stereocenters. The Morgan fingerprint density at radius 1 is 1.37 bits per heavy atom. The molecular weight excluding hydrogens is 267 g/mol.